The summed E-state index contributed by atoms with van der Waals surface area (Å²) in [5.74, 6) is 0.552. The van der Waals surface area contributed by atoms with E-state index in [0.29, 0.717) is 44.1 Å². The van der Waals surface area contributed by atoms with Gasteiger partial charge in [0, 0.05) is 25.3 Å². The third-order valence-corrected chi connectivity index (χ3v) is 7.69. The third kappa shape index (κ3) is 5.66. The van der Waals surface area contributed by atoms with Crippen LogP contribution < -0.4 is 10.1 Å². The van der Waals surface area contributed by atoms with Crippen molar-refractivity contribution >= 4 is 21.6 Å². The summed E-state index contributed by atoms with van der Waals surface area (Å²) in [6, 6.07) is 12.2. The number of carbonyl (C=O) groups is 1. The number of carbonyl (C=O) groups excluding carboxylic acids is 1. The second-order valence-corrected chi connectivity index (χ2v) is 9.83. The van der Waals surface area contributed by atoms with Crippen LogP contribution in [-0.4, -0.2) is 70.0 Å². The maximum Gasteiger partial charge on any atom is 0.243 e. The van der Waals surface area contributed by atoms with Gasteiger partial charge in [-0.1, -0.05) is 18.2 Å². The van der Waals surface area contributed by atoms with Gasteiger partial charge in [0.1, 0.15) is 5.75 Å². The quantitative estimate of drug-likeness (QED) is 0.650. The van der Waals surface area contributed by atoms with E-state index in [9.17, 15) is 13.2 Å². The molecule has 1 amide bonds. The summed E-state index contributed by atoms with van der Waals surface area (Å²) in [5, 5.41) is 2.86. The molecule has 1 fully saturated rings. The molecular weight excluding hydrogens is 430 g/mol. The maximum absolute atomic E-state index is 13.1. The number of ether oxygens (including phenoxy) is 2. The van der Waals surface area contributed by atoms with Gasteiger partial charge in [-0.05, 0) is 56.3 Å². The zero-order valence-electron chi connectivity index (χ0n) is 19.0. The topological polar surface area (TPSA) is 88.2 Å². The molecule has 1 saturated heterocycles. The van der Waals surface area contributed by atoms with Crippen LogP contribution in [0.4, 0.5) is 5.69 Å². The first kappa shape index (κ1) is 24.2. The summed E-state index contributed by atoms with van der Waals surface area (Å²) >= 11 is 0. The summed E-state index contributed by atoms with van der Waals surface area (Å²) in [7, 11) is -0.168. The number of amides is 1. The Labute approximate surface area is 190 Å². The SMILES string of the molecule is COc1cccc(CN(C)C(C)C(=O)Nc2ccc(C)c(S(=O)(=O)N3CCOCC3)c2)c1. The minimum absolute atomic E-state index is 0.203. The number of nitrogens with zero attached hydrogens (tertiary/aromatic N) is 2. The molecule has 1 N–H and O–H groups in total. The van der Waals surface area contributed by atoms with Gasteiger partial charge >= 0.3 is 0 Å². The van der Waals surface area contributed by atoms with Gasteiger partial charge in [0.05, 0.1) is 31.3 Å². The van der Waals surface area contributed by atoms with Gasteiger partial charge in [-0.3, -0.25) is 9.69 Å². The molecular formula is C23H31N3O5S. The molecule has 2 aromatic rings. The Bertz CT molecular complexity index is 1050. The van der Waals surface area contributed by atoms with Gasteiger partial charge in [0.25, 0.3) is 0 Å². The molecule has 1 heterocycles. The monoisotopic (exact) mass is 461 g/mol. The van der Waals surface area contributed by atoms with Crippen molar-refractivity contribution in [1.82, 2.24) is 9.21 Å². The summed E-state index contributed by atoms with van der Waals surface area (Å²) in [6.45, 7) is 5.54. The van der Waals surface area contributed by atoms with Crippen LogP contribution in [0.3, 0.4) is 0 Å². The second-order valence-electron chi connectivity index (χ2n) is 7.93. The maximum atomic E-state index is 13.1. The molecule has 1 aliphatic rings. The molecule has 0 saturated carbocycles. The Balaban J connectivity index is 1.70. The number of anilines is 1. The zero-order valence-corrected chi connectivity index (χ0v) is 19.8. The van der Waals surface area contributed by atoms with E-state index in [2.05, 4.69) is 5.32 Å². The van der Waals surface area contributed by atoms with E-state index in [1.165, 1.54) is 10.4 Å². The molecule has 0 aromatic heterocycles. The van der Waals surface area contributed by atoms with Crippen molar-refractivity contribution in [1.29, 1.82) is 0 Å². The fourth-order valence-corrected chi connectivity index (χ4v) is 5.18. The number of rotatable bonds is 8. The van der Waals surface area contributed by atoms with E-state index >= 15 is 0 Å². The molecule has 3 rings (SSSR count). The number of likely N-dealkylation sites (N-methyl/N-ethyl adjacent to an activating group) is 1. The smallest absolute Gasteiger partial charge is 0.243 e. The molecule has 0 radical (unpaired) electrons. The largest absolute Gasteiger partial charge is 0.497 e. The van der Waals surface area contributed by atoms with Crippen LogP contribution in [0.2, 0.25) is 0 Å². The Morgan fingerprint density at radius 2 is 1.94 bits per heavy atom. The van der Waals surface area contributed by atoms with E-state index in [4.69, 9.17) is 9.47 Å². The van der Waals surface area contributed by atoms with Crippen molar-refractivity contribution in [3.05, 3.63) is 53.6 Å². The first-order valence-electron chi connectivity index (χ1n) is 10.5. The third-order valence-electron chi connectivity index (χ3n) is 5.65. The van der Waals surface area contributed by atoms with E-state index in [1.807, 2.05) is 43.1 Å². The molecule has 0 bridgehead atoms. The van der Waals surface area contributed by atoms with Gasteiger partial charge < -0.3 is 14.8 Å². The molecule has 0 spiro atoms. The van der Waals surface area contributed by atoms with Crippen LogP contribution in [0.1, 0.15) is 18.1 Å². The van der Waals surface area contributed by atoms with Crippen molar-refractivity contribution in [3.63, 3.8) is 0 Å². The van der Waals surface area contributed by atoms with Crippen molar-refractivity contribution in [2.75, 3.05) is 45.8 Å². The number of nitrogens with one attached hydrogen (secondary N) is 1. The van der Waals surface area contributed by atoms with Crippen LogP contribution in [0, 0.1) is 6.92 Å². The first-order chi connectivity index (χ1) is 15.2. The highest BCUT2D eigenvalue weighted by molar-refractivity contribution is 7.89. The predicted molar refractivity (Wildman–Crippen MR) is 123 cm³/mol. The van der Waals surface area contributed by atoms with Crippen LogP contribution in [-0.2, 0) is 26.1 Å². The predicted octanol–water partition coefficient (Wildman–Crippen LogP) is 2.48. The average molecular weight is 462 g/mol. The number of sulfonamides is 1. The summed E-state index contributed by atoms with van der Waals surface area (Å²) in [6.07, 6.45) is 0. The highest BCUT2D eigenvalue weighted by atomic mass is 32.2. The molecule has 174 valence electrons. The normalized spacial score (nSPS) is 16.0. The van der Waals surface area contributed by atoms with Gasteiger partial charge in [0.2, 0.25) is 15.9 Å². The Morgan fingerprint density at radius 3 is 2.62 bits per heavy atom. The molecule has 0 aliphatic carbocycles. The summed E-state index contributed by atoms with van der Waals surface area (Å²) < 4.78 is 38.1. The number of hydrogen-bond acceptors (Lipinski definition) is 6. The van der Waals surface area contributed by atoms with Gasteiger partial charge in [-0.2, -0.15) is 4.31 Å². The highest BCUT2D eigenvalue weighted by Crippen LogP contribution is 2.25. The number of hydrogen-bond donors (Lipinski definition) is 1. The Morgan fingerprint density at radius 1 is 1.22 bits per heavy atom. The van der Waals surface area contributed by atoms with E-state index in [-0.39, 0.29) is 10.8 Å². The highest BCUT2D eigenvalue weighted by Gasteiger charge is 2.28. The van der Waals surface area contributed by atoms with Crippen molar-refractivity contribution in [2.45, 2.75) is 31.3 Å². The van der Waals surface area contributed by atoms with Crippen molar-refractivity contribution in [3.8, 4) is 5.75 Å². The lowest BCUT2D eigenvalue weighted by Crippen LogP contribution is -2.41. The van der Waals surface area contributed by atoms with Crippen molar-refractivity contribution < 1.29 is 22.7 Å². The molecule has 2 aromatic carbocycles. The Hall–Kier alpha value is -2.46. The molecule has 1 unspecified atom stereocenters. The fraction of sp³-hybridized carbons (Fsp3) is 0.435. The lowest BCUT2D eigenvalue weighted by Gasteiger charge is -2.27. The first-order valence-corrected chi connectivity index (χ1v) is 12.0. The fourth-order valence-electron chi connectivity index (χ4n) is 3.52. The zero-order chi connectivity index (χ0) is 23.3. The molecule has 32 heavy (non-hydrogen) atoms. The number of methoxy groups -OCH3 is 1. The lowest BCUT2D eigenvalue weighted by molar-refractivity contribution is -0.120. The Kier molecular flexibility index (Phi) is 7.89. The molecule has 9 heteroatoms. The number of aryl methyl sites for hydroxylation is 1. The lowest BCUT2D eigenvalue weighted by atomic mass is 10.1. The van der Waals surface area contributed by atoms with Gasteiger partial charge in [0.15, 0.2) is 0 Å². The standard InChI is InChI=1S/C23H31N3O5S/c1-17-8-9-20(15-22(17)32(28,29)26-10-12-31-13-11-26)24-23(27)18(2)25(3)16-19-6-5-7-21(14-19)30-4/h5-9,14-15,18H,10-13,16H2,1-4H3,(H,24,27). The minimum Gasteiger partial charge on any atom is -0.497 e. The van der Waals surface area contributed by atoms with E-state index in [1.54, 1.807) is 26.2 Å². The second kappa shape index (κ2) is 10.4. The average Bonchev–Trinajstić information content (AvgIpc) is 2.80. The van der Waals surface area contributed by atoms with Crippen LogP contribution in [0.25, 0.3) is 0 Å². The molecule has 1 atom stereocenters. The molecule has 1 aliphatic heterocycles. The van der Waals surface area contributed by atoms with Crippen molar-refractivity contribution in [2.24, 2.45) is 0 Å². The minimum atomic E-state index is -3.66. The van der Waals surface area contributed by atoms with Crippen LogP contribution in [0.15, 0.2) is 47.4 Å². The summed E-state index contributed by atoms with van der Waals surface area (Å²) in [4.78, 5) is 15.0. The van der Waals surface area contributed by atoms with E-state index < -0.39 is 16.1 Å². The van der Waals surface area contributed by atoms with Crippen LogP contribution in [0.5, 0.6) is 5.75 Å². The van der Waals surface area contributed by atoms with Gasteiger partial charge in [-0.15, -0.1) is 0 Å². The van der Waals surface area contributed by atoms with Gasteiger partial charge in [-0.25, -0.2) is 8.42 Å². The number of benzene rings is 2. The van der Waals surface area contributed by atoms with E-state index in [0.717, 1.165) is 11.3 Å². The summed E-state index contributed by atoms with van der Waals surface area (Å²) in [5.41, 5.74) is 2.12. The number of morpholine rings is 1. The van der Waals surface area contributed by atoms with Crippen LogP contribution >= 0.6 is 0 Å². The molecule has 8 nitrogen and oxygen atoms in total.